The number of carbonyl (C=O) groups excluding carboxylic acids is 1. The molecular weight excluding hydrogens is 484 g/mol. The molecule has 2 saturated carbocycles. The molecule has 4 aliphatic rings. The Morgan fingerprint density at radius 3 is 2.70 bits per heavy atom. The number of hydrogen-bond donors (Lipinski definition) is 2. The Labute approximate surface area is 220 Å². The maximum Gasteiger partial charge on any atom is 0.244 e. The van der Waals surface area contributed by atoms with Crippen LogP contribution in [0.15, 0.2) is 42.9 Å². The monoisotopic (exact) mass is 522 g/mol. The Kier molecular flexibility index (Phi) is 5.91. The highest BCUT2D eigenvalue weighted by Crippen LogP contribution is 2.66. The molecule has 0 unspecified atom stereocenters. The third-order valence-electron chi connectivity index (χ3n) is 10.7. The van der Waals surface area contributed by atoms with Gasteiger partial charge in [0.1, 0.15) is 0 Å². The van der Waals surface area contributed by atoms with E-state index in [4.69, 9.17) is 0 Å². The molecule has 8 heteroatoms. The summed E-state index contributed by atoms with van der Waals surface area (Å²) >= 11 is 0. The zero-order valence-corrected chi connectivity index (χ0v) is 22.7. The standard InChI is InChI=1S/C29H38N4O3S/c1-27(2)22-10-12-29(27,25(17-22)32-26(34)8-7-23-18-30-20-31-23)19-37(35,36)33-15-13-28(14-16-33)11-9-21-5-3-4-6-24(21)28/h3-8,18,20,22,25H,9-17,19H2,1-2H3,(H,30,31)(H,32,34)/b8-7+/t22-,25+,29-/m1/s1. The molecule has 2 bridgehead atoms. The van der Waals surface area contributed by atoms with Crippen molar-refractivity contribution in [3.05, 3.63) is 59.7 Å². The zero-order chi connectivity index (χ0) is 25.9. The molecule has 3 atom stereocenters. The van der Waals surface area contributed by atoms with Crippen molar-refractivity contribution in [2.75, 3.05) is 18.8 Å². The molecule has 1 spiro atoms. The van der Waals surface area contributed by atoms with Crippen molar-refractivity contribution in [2.45, 2.75) is 70.3 Å². The number of nitrogens with one attached hydrogen (secondary N) is 2. The summed E-state index contributed by atoms with van der Waals surface area (Å²) in [6.45, 7) is 5.60. The molecular formula is C29H38N4O3S. The fraction of sp³-hybridized carbons (Fsp3) is 0.586. The molecule has 2 heterocycles. The molecule has 1 aliphatic heterocycles. The number of piperidine rings is 1. The van der Waals surface area contributed by atoms with E-state index in [1.165, 1.54) is 17.2 Å². The molecule has 1 saturated heterocycles. The number of benzene rings is 1. The number of aromatic nitrogens is 2. The van der Waals surface area contributed by atoms with E-state index < -0.39 is 15.4 Å². The van der Waals surface area contributed by atoms with Crippen LogP contribution in [-0.2, 0) is 26.7 Å². The molecule has 3 aliphatic carbocycles. The van der Waals surface area contributed by atoms with Crippen LogP contribution in [0.4, 0.5) is 0 Å². The number of sulfonamides is 1. The van der Waals surface area contributed by atoms with Crippen LogP contribution in [0.2, 0.25) is 0 Å². The van der Waals surface area contributed by atoms with E-state index >= 15 is 0 Å². The SMILES string of the molecule is CC1(C)[C@@H]2CC[C@@]1(CS(=O)(=O)N1CCC3(CCc4ccccc43)CC1)[C@@H](NC(=O)/C=C/c1cnc[nH]1)C2. The van der Waals surface area contributed by atoms with Crippen molar-refractivity contribution >= 4 is 22.0 Å². The van der Waals surface area contributed by atoms with Crippen LogP contribution in [0.1, 0.15) is 69.2 Å². The lowest BCUT2D eigenvalue weighted by Gasteiger charge is -2.45. The van der Waals surface area contributed by atoms with Gasteiger partial charge in [-0.2, -0.15) is 0 Å². The lowest BCUT2D eigenvalue weighted by molar-refractivity contribution is -0.118. The van der Waals surface area contributed by atoms with Crippen molar-refractivity contribution < 1.29 is 13.2 Å². The largest absolute Gasteiger partial charge is 0.349 e. The molecule has 2 N–H and O–H groups in total. The minimum absolute atomic E-state index is 0.113. The summed E-state index contributed by atoms with van der Waals surface area (Å²) in [5.74, 6) is 0.353. The van der Waals surface area contributed by atoms with E-state index in [1.54, 1.807) is 22.9 Å². The highest BCUT2D eigenvalue weighted by atomic mass is 32.2. The quantitative estimate of drug-likeness (QED) is 0.560. The maximum absolute atomic E-state index is 14.0. The van der Waals surface area contributed by atoms with Crippen LogP contribution < -0.4 is 5.32 Å². The van der Waals surface area contributed by atoms with E-state index in [0.29, 0.717) is 19.0 Å². The fourth-order valence-electron chi connectivity index (χ4n) is 8.26. The summed E-state index contributed by atoms with van der Waals surface area (Å²) in [5.41, 5.74) is 3.15. The summed E-state index contributed by atoms with van der Waals surface area (Å²) < 4.78 is 29.7. The number of rotatable bonds is 6. The van der Waals surface area contributed by atoms with Gasteiger partial charge in [-0.05, 0) is 78.9 Å². The summed E-state index contributed by atoms with van der Waals surface area (Å²) in [5, 5.41) is 3.20. The van der Waals surface area contributed by atoms with E-state index in [2.05, 4.69) is 53.4 Å². The maximum atomic E-state index is 14.0. The summed E-state index contributed by atoms with van der Waals surface area (Å²) in [7, 11) is -3.47. The van der Waals surface area contributed by atoms with E-state index in [0.717, 1.165) is 50.6 Å². The van der Waals surface area contributed by atoms with Crippen LogP contribution >= 0.6 is 0 Å². The van der Waals surface area contributed by atoms with Gasteiger partial charge in [0.15, 0.2) is 0 Å². The molecule has 1 aromatic carbocycles. The smallest absolute Gasteiger partial charge is 0.244 e. The number of carbonyl (C=O) groups is 1. The number of aromatic amines is 1. The van der Waals surface area contributed by atoms with Crippen molar-refractivity contribution in [1.29, 1.82) is 0 Å². The molecule has 198 valence electrons. The molecule has 3 fully saturated rings. The predicted molar refractivity (Wildman–Crippen MR) is 144 cm³/mol. The Hall–Kier alpha value is -2.45. The van der Waals surface area contributed by atoms with Crippen molar-refractivity contribution in [3.63, 3.8) is 0 Å². The van der Waals surface area contributed by atoms with Gasteiger partial charge in [-0.1, -0.05) is 38.1 Å². The molecule has 1 aromatic heterocycles. The minimum Gasteiger partial charge on any atom is -0.349 e. The molecule has 7 nitrogen and oxygen atoms in total. The number of amides is 1. The predicted octanol–water partition coefficient (Wildman–Crippen LogP) is 4.04. The second kappa shape index (κ2) is 8.80. The van der Waals surface area contributed by atoms with Gasteiger partial charge in [-0.25, -0.2) is 17.7 Å². The second-order valence-electron chi connectivity index (χ2n) is 12.3. The third-order valence-corrected chi connectivity index (χ3v) is 12.7. The Morgan fingerprint density at radius 2 is 1.97 bits per heavy atom. The first-order valence-electron chi connectivity index (χ1n) is 13.7. The number of nitrogens with zero attached hydrogens (tertiary/aromatic N) is 2. The Bertz CT molecular complexity index is 1310. The number of fused-ring (bicyclic) bond motifs is 4. The van der Waals surface area contributed by atoms with Gasteiger partial charge in [0.05, 0.1) is 24.0 Å². The first-order chi connectivity index (χ1) is 17.7. The Morgan fingerprint density at radius 1 is 1.19 bits per heavy atom. The average molecular weight is 523 g/mol. The normalized spacial score (nSPS) is 30.2. The zero-order valence-electron chi connectivity index (χ0n) is 21.9. The third kappa shape index (κ3) is 3.98. The molecule has 37 heavy (non-hydrogen) atoms. The van der Waals surface area contributed by atoms with Crippen LogP contribution in [0.25, 0.3) is 6.08 Å². The topological polar surface area (TPSA) is 95.2 Å². The highest BCUT2D eigenvalue weighted by Gasteiger charge is 2.66. The molecule has 1 amide bonds. The summed E-state index contributed by atoms with van der Waals surface area (Å²) in [6, 6.07) is 8.55. The summed E-state index contributed by atoms with van der Waals surface area (Å²) in [4.78, 5) is 19.8. The molecule has 2 aromatic rings. The van der Waals surface area contributed by atoms with Gasteiger partial charge in [-0.3, -0.25) is 4.79 Å². The lowest BCUT2D eigenvalue weighted by atomic mass is 9.69. The number of hydrogen-bond acceptors (Lipinski definition) is 4. The minimum atomic E-state index is -3.47. The summed E-state index contributed by atoms with van der Waals surface area (Å²) in [6.07, 6.45) is 13.1. The van der Waals surface area contributed by atoms with Crippen LogP contribution in [-0.4, -0.2) is 53.5 Å². The van der Waals surface area contributed by atoms with Gasteiger partial charge in [0.2, 0.25) is 15.9 Å². The van der Waals surface area contributed by atoms with Crippen molar-refractivity contribution in [1.82, 2.24) is 19.6 Å². The number of H-pyrrole nitrogens is 1. The van der Waals surface area contributed by atoms with E-state index in [1.807, 2.05) is 0 Å². The van der Waals surface area contributed by atoms with Crippen molar-refractivity contribution in [2.24, 2.45) is 16.7 Å². The fourth-order valence-corrected chi connectivity index (χ4v) is 10.5. The average Bonchev–Trinajstić information content (AvgIpc) is 3.61. The van der Waals surface area contributed by atoms with Gasteiger partial charge in [-0.15, -0.1) is 0 Å². The molecule has 0 radical (unpaired) electrons. The second-order valence-corrected chi connectivity index (χ2v) is 14.3. The van der Waals surface area contributed by atoms with Crippen LogP contribution in [0.5, 0.6) is 0 Å². The first kappa shape index (κ1) is 24.9. The highest BCUT2D eigenvalue weighted by molar-refractivity contribution is 7.89. The van der Waals surface area contributed by atoms with Gasteiger partial charge < -0.3 is 10.3 Å². The van der Waals surface area contributed by atoms with Crippen LogP contribution in [0, 0.1) is 16.7 Å². The van der Waals surface area contributed by atoms with Gasteiger partial charge in [0.25, 0.3) is 0 Å². The molecule has 6 rings (SSSR count). The van der Waals surface area contributed by atoms with Gasteiger partial charge >= 0.3 is 0 Å². The number of aryl methyl sites for hydroxylation is 1. The van der Waals surface area contributed by atoms with Crippen LogP contribution in [0.3, 0.4) is 0 Å². The van der Waals surface area contributed by atoms with Gasteiger partial charge in [0, 0.05) is 30.6 Å². The van der Waals surface area contributed by atoms with E-state index in [9.17, 15) is 13.2 Å². The number of imidazole rings is 1. The van der Waals surface area contributed by atoms with E-state index in [-0.39, 0.29) is 28.5 Å². The Balaban J connectivity index is 1.18. The van der Waals surface area contributed by atoms with Crippen molar-refractivity contribution in [3.8, 4) is 0 Å². The lowest BCUT2D eigenvalue weighted by Crippen LogP contribution is -2.55. The first-order valence-corrected chi connectivity index (χ1v) is 15.3.